The predicted molar refractivity (Wildman–Crippen MR) is 197 cm³/mol. The molecule has 0 spiro atoms. The zero-order chi connectivity index (χ0) is 35.7. The molecular weight excluding hydrogens is 677 g/mol. The number of hydrogen-bond donors (Lipinski definition) is 4. The fourth-order valence-electron chi connectivity index (χ4n) is 6.01. The molecule has 1 fully saturated rings. The van der Waals surface area contributed by atoms with E-state index in [0.717, 1.165) is 44.6 Å². The van der Waals surface area contributed by atoms with Gasteiger partial charge in [0.25, 0.3) is 0 Å². The number of aliphatic hydroxyl groups is 1. The molecule has 0 aliphatic carbocycles. The van der Waals surface area contributed by atoms with E-state index >= 15 is 0 Å². The van der Waals surface area contributed by atoms with Gasteiger partial charge in [-0.05, 0) is 68.1 Å². The van der Waals surface area contributed by atoms with E-state index in [1.54, 1.807) is 28.9 Å². The fraction of sp³-hybridized carbons (Fsp3) is 0.200. The second-order valence-corrected chi connectivity index (χ2v) is 13.3. The van der Waals surface area contributed by atoms with Gasteiger partial charge in [-0.25, -0.2) is 4.79 Å². The summed E-state index contributed by atoms with van der Waals surface area (Å²) < 4.78 is 14.8. The van der Waals surface area contributed by atoms with Crippen LogP contribution in [0.5, 0.6) is 5.75 Å². The number of amides is 2. The molecule has 0 bridgehead atoms. The fourth-order valence-corrected chi connectivity index (χ4v) is 6.92. The van der Waals surface area contributed by atoms with Crippen molar-refractivity contribution in [1.82, 2.24) is 30.8 Å². The Labute approximate surface area is 305 Å². The standard InChI is InChI=1S/C40H38N6O5S/c47-25-28-10-12-30(13-11-28)37-22-35(26-52-40-43-44-45-46(40)33-18-20-34(48)21-19-33)50-38(51-37)31-16-14-29(15-17-31)36-9-5-4-8-32(36)24-42-39(49)41-23-27-6-2-1-3-7-27/h1-21,35,37-38,47-48H,22-26H2,(H2,41,42,49)/t35-,37+,38+/m0/s1. The summed E-state index contributed by atoms with van der Waals surface area (Å²) in [6, 6.07) is 40.2. The monoisotopic (exact) mass is 714 g/mol. The van der Waals surface area contributed by atoms with Crippen molar-refractivity contribution in [2.45, 2.75) is 49.8 Å². The summed E-state index contributed by atoms with van der Waals surface area (Å²) in [5.41, 5.74) is 7.50. The largest absolute Gasteiger partial charge is 0.508 e. The number of carbonyl (C=O) groups excluding carboxylic acids is 1. The topological polar surface area (TPSA) is 144 Å². The van der Waals surface area contributed by atoms with E-state index in [2.05, 4.69) is 26.2 Å². The van der Waals surface area contributed by atoms with Crippen LogP contribution in [0.4, 0.5) is 4.79 Å². The Hall–Kier alpha value is -5.53. The molecule has 6 aromatic rings. The Bertz CT molecular complexity index is 2060. The first-order valence-electron chi connectivity index (χ1n) is 17.0. The van der Waals surface area contributed by atoms with Gasteiger partial charge in [0.1, 0.15) is 5.75 Å². The quantitative estimate of drug-likeness (QED) is 0.1000. The molecule has 1 saturated heterocycles. The summed E-state index contributed by atoms with van der Waals surface area (Å²) >= 11 is 1.49. The summed E-state index contributed by atoms with van der Waals surface area (Å²) in [5.74, 6) is 0.736. The lowest BCUT2D eigenvalue weighted by atomic mass is 9.98. The van der Waals surface area contributed by atoms with Crippen LogP contribution in [0.25, 0.3) is 16.8 Å². The summed E-state index contributed by atoms with van der Waals surface area (Å²) in [6.07, 6.45) is -0.463. The van der Waals surface area contributed by atoms with E-state index in [0.29, 0.717) is 30.4 Å². The second-order valence-electron chi connectivity index (χ2n) is 12.4. The van der Waals surface area contributed by atoms with Crippen molar-refractivity contribution in [3.63, 3.8) is 0 Å². The molecule has 5 aromatic carbocycles. The number of aliphatic hydroxyl groups excluding tert-OH is 1. The molecule has 0 saturated carbocycles. The van der Waals surface area contributed by atoms with Crippen molar-refractivity contribution in [2.75, 3.05) is 5.75 Å². The molecule has 2 amide bonds. The van der Waals surface area contributed by atoms with E-state index in [9.17, 15) is 15.0 Å². The Morgan fingerprint density at radius 1 is 0.788 bits per heavy atom. The first-order chi connectivity index (χ1) is 25.5. The highest BCUT2D eigenvalue weighted by atomic mass is 32.2. The van der Waals surface area contributed by atoms with Crippen LogP contribution in [0.15, 0.2) is 133 Å². The van der Waals surface area contributed by atoms with Crippen LogP contribution < -0.4 is 10.6 Å². The Morgan fingerprint density at radius 3 is 2.27 bits per heavy atom. The molecule has 0 radical (unpaired) electrons. The van der Waals surface area contributed by atoms with Crippen molar-refractivity contribution in [1.29, 1.82) is 0 Å². The summed E-state index contributed by atoms with van der Waals surface area (Å²) in [4.78, 5) is 12.6. The van der Waals surface area contributed by atoms with Gasteiger partial charge in [0.15, 0.2) is 6.29 Å². The lowest BCUT2D eigenvalue weighted by molar-refractivity contribution is -0.245. The van der Waals surface area contributed by atoms with Crippen LogP contribution >= 0.6 is 11.8 Å². The molecule has 4 N–H and O–H groups in total. The van der Waals surface area contributed by atoms with Gasteiger partial charge < -0.3 is 30.3 Å². The molecule has 52 heavy (non-hydrogen) atoms. The number of nitrogens with zero attached hydrogens (tertiary/aromatic N) is 4. The number of nitrogens with one attached hydrogen (secondary N) is 2. The molecule has 1 aliphatic heterocycles. The van der Waals surface area contributed by atoms with Crippen molar-refractivity contribution in [3.8, 4) is 22.6 Å². The minimum atomic E-state index is -0.630. The van der Waals surface area contributed by atoms with Gasteiger partial charge in [-0.2, -0.15) is 4.68 Å². The molecule has 0 unspecified atom stereocenters. The molecule has 1 aliphatic rings. The number of thioether (sulfide) groups is 1. The smallest absolute Gasteiger partial charge is 0.315 e. The normalized spacial score (nSPS) is 17.1. The SMILES string of the molecule is O=C(NCc1ccccc1)NCc1ccccc1-c1ccc([C@@H]2O[C@H](CSc3nnnn3-c3ccc(O)cc3)C[C@H](c3ccc(CO)cc3)O2)cc1. The van der Waals surface area contributed by atoms with E-state index in [1.165, 1.54) is 11.8 Å². The minimum Gasteiger partial charge on any atom is -0.508 e. The van der Waals surface area contributed by atoms with Crippen molar-refractivity contribution < 1.29 is 24.5 Å². The first kappa shape index (κ1) is 34.9. The van der Waals surface area contributed by atoms with Crippen LogP contribution in [-0.2, 0) is 29.2 Å². The Morgan fingerprint density at radius 2 is 1.50 bits per heavy atom. The highest BCUT2D eigenvalue weighted by Crippen LogP contribution is 2.40. The van der Waals surface area contributed by atoms with E-state index < -0.39 is 6.29 Å². The van der Waals surface area contributed by atoms with Gasteiger partial charge in [-0.15, -0.1) is 5.10 Å². The third-order valence-corrected chi connectivity index (χ3v) is 9.85. The average molecular weight is 715 g/mol. The summed E-state index contributed by atoms with van der Waals surface area (Å²) in [5, 5.41) is 38.0. The number of aromatic nitrogens is 4. The number of urea groups is 1. The highest BCUT2D eigenvalue weighted by molar-refractivity contribution is 7.99. The van der Waals surface area contributed by atoms with Crippen molar-refractivity contribution in [3.05, 3.63) is 155 Å². The van der Waals surface area contributed by atoms with Gasteiger partial charge in [0.2, 0.25) is 5.16 Å². The second kappa shape index (κ2) is 16.7. The third kappa shape index (κ3) is 8.67. The number of rotatable bonds is 12. The maximum Gasteiger partial charge on any atom is 0.315 e. The maximum atomic E-state index is 12.6. The number of hydrogen-bond acceptors (Lipinski definition) is 9. The lowest BCUT2D eigenvalue weighted by Crippen LogP contribution is -2.34. The maximum absolute atomic E-state index is 12.6. The van der Waals surface area contributed by atoms with E-state index in [4.69, 9.17) is 9.47 Å². The lowest BCUT2D eigenvalue weighted by Gasteiger charge is -2.36. The predicted octanol–water partition coefficient (Wildman–Crippen LogP) is 6.86. The van der Waals surface area contributed by atoms with Gasteiger partial charge >= 0.3 is 6.03 Å². The van der Waals surface area contributed by atoms with E-state index in [1.807, 2.05) is 103 Å². The number of benzene rings is 5. The number of carbonyl (C=O) groups is 1. The number of phenols is 1. The van der Waals surface area contributed by atoms with Crippen LogP contribution in [0.3, 0.4) is 0 Å². The number of ether oxygens (including phenoxy) is 2. The Balaban J connectivity index is 1.05. The number of aromatic hydroxyl groups is 1. The molecule has 264 valence electrons. The Kier molecular flexibility index (Phi) is 11.2. The molecular formula is C40H38N6O5S. The zero-order valence-electron chi connectivity index (χ0n) is 28.2. The molecule has 3 atom stereocenters. The summed E-state index contributed by atoms with van der Waals surface area (Å²) in [6.45, 7) is 0.799. The molecule has 2 heterocycles. The van der Waals surface area contributed by atoms with Crippen LogP contribution in [0.2, 0.25) is 0 Å². The molecule has 11 nitrogen and oxygen atoms in total. The third-order valence-electron chi connectivity index (χ3n) is 8.79. The van der Waals surface area contributed by atoms with Crippen molar-refractivity contribution in [2.24, 2.45) is 0 Å². The number of tetrazole rings is 1. The molecule has 12 heteroatoms. The number of phenolic OH excluding ortho intramolecular Hbond substituents is 1. The highest BCUT2D eigenvalue weighted by Gasteiger charge is 2.33. The van der Waals surface area contributed by atoms with Gasteiger partial charge in [-0.1, -0.05) is 115 Å². The minimum absolute atomic E-state index is 0.0282. The van der Waals surface area contributed by atoms with Gasteiger partial charge in [-0.3, -0.25) is 0 Å². The molecule has 7 rings (SSSR count). The average Bonchev–Trinajstić information content (AvgIpc) is 3.68. The van der Waals surface area contributed by atoms with Gasteiger partial charge in [0, 0.05) is 30.8 Å². The van der Waals surface area contributed by atoms with Gasteiger partial charge in [0.05, 0.1) is 24.5 Å². The summed E-state index contributed by atoms with van der Waals surface area (Å²) in [7, 11) is 0. The molecule has 1 aromatic heterocycles. The van der Waals surface area contributed by atoms with E-state index in [-0.39, 0.29) is 30.6 Å². The van der Waals surface area contributed by atoms with Crippen LogP contribution in [0.1, 0.15) is 46.6 Å². The van der Waals surface area contributed by atoms with Crippen LogP contribution in [-0.4, -0.2) is 48.3 Å². The van der Waals surface area contributed by atoms with Crippen LogP contribution in [0, 0.1) is 0 Å². The first-order valence-corrected chi connectivity index (χ1v) is 18.0. The van der Waals surface area contributed by atoms with Crippen molar-refractivity contribution >= 4 is 17.8 Å². The zero-order valence-corrected chi connectivity index (χ0v) is 29.0.